The minimum Gasteiger partial charge on any atom is -0.378 e. The summed E-state index contributed by atoms with van der Waals surface area (Å²) < 4.78 is 5.33. The number of morpholine rings is 1. The fraction of sp³-hybridized carbons (Fsp3) is 0.667. The molecule has 0 radical (unpaired) electrons. The van der Waals surface area contributed by atoms with Crippen molar-refractivity contribution < 1.29 is 4.74 Å². The van der Waals surface area contributed by atoms with E-state index in [9.17, 15) is 0 Å². The molecule has 9 heteroatoms. The molecule has 0 saturated carbocycles. The van der Waals surface area contributed by atoms with Crippen molar-refractivity contribution in [1.82, 2.24) is 15.0 Å². The smallest absolute Gasteiger partial charge is 0.243 e. The van der Waals surface area contributed by atoms with Crippen LogP contribution in [0.25, 0.3) is 0 Å². The molecule has 0 bridgehead atoms. The Kier molecular flexibility index (Phi) is 5.08. The minimum atomic E-state index is 0.000522. The van der Waals surface area contributed by atoms with Crippen LogP contribution in [0, 0.1) is 11.3 Å². The summed E-state index contributed by atoms with van der Waals surface area (Å²) in [4.78, 5) is 16.9. The lowest BCUT2D eigenvalue weighted by atomic mass is 10.2. The summed E-state index contributed by atoms with van der Waals surface area (Å²) in [5.74, 6) is 6.79. The van der Waals surface area contributed by atoms with Crippen LogP contribution in [-0.2, 0) is 4.74 Å². The van der Waals surface area contributed by atoms with E-state index in [1.165, 1.54) is 0 Å². The number of nitrogen functional groups attached to an aromatic ring is 1. The number of rotatable bonds is 5. The van der Waals surface area contributed by atoms with Gasteiger partial charge in [-0.1, -0.05) is 0 Å². The maximum atomic E-state index is 8.81. The van der Waals surface area contributed by atoms with Gasteiger partial charge < -0.3 is 14.5 Å². The van der Waals surface area contributed by atoms with Gasteiger partial charge in [0.15, 0.2) is 0 Å². The Morgan fingerprint density at radius 1 is 1.43 bits per heavy atom. The van der Waals surface area contributed by atoms with Crippen LogP contribution in [0.1, 0.15) is 13.3 Å². The van der Waals surface area contributed by atoms with Crippen LogP contribution in [0.3, 0.4) is 0 Å². The molecular formula is C12H20N8O. The molecular weight excluding hydrogens is 272 g/mol. The number of anilines is 3. The largest absolute Gasteiger partial charge is 0.378 e. The number of nitrogens with one attached hydrogen (secondary N) is 1. The summed E-state index contributed by atoms with van der Waals surface area (Å²) >= 11 is 0. The average Bonchev–Trinajstić information content (AvgIpc) is 2.54. The van der Waals surface area contributed by atoms with E-state index >= 15 is 0 Å². The normalized spacial score (nSPS) is 16.2. The fourth-order valence-corrected chi connectivity index (χ4v) is 1.95. The van der Waals surface area contributed by atoms with Crippen LogP contribution in [0.4, 0.5) is 17.8 Å². The Bertz CT molecular complexity index is 510. The molecule has 2 heterocycles. The van der Waals surface area contributed by atoms with E-state index in [4.69, 9.17) is 15.8 Å². The van der Waals surface area contributed by atoms with Gasteiger partial charge in [0.05, 0.1) is 25.7 Å². The second-order valence-electron chi connectivity index (χ2n) is 4.82. The highest BCUT2D eigenvalue weighted by Crippen LogP contribution is 2.18. The molecule has 21 heavy (non-hydrogen) atoms. The second kappa shape index (κ2) is 7.01. The molecule has 9 nitrogen and oxygen atoms in total. The van der Waals surface area contributed by atoms with Gasteiger partial charge in [0.2, 0.25) is 17.8 Å². The van der Waals surface area contributed by atoms with Gasteiger partial charge >= 0.3 is 0 Å². The zero-order chi connectivity index (χ0) is 15.2. The van der Waals surface area contributed by atoms with Crippen LogP contribution < -0.4 is 21.1 Å². The lowest BCUT2D eigenvalue weighted by Crippen LogP contribution is -2.38. The zero-order valence-electron chi connectivity index (χ0n) is 12.3. The number of hydrazine groups is 1. The number of aromatic nitrogens is 3. The maximum Gasteiger partial charge on any atom is 0.243 e. The van der Waals surface area contributed by atoms with Crippen LogP contribution in [0.15, 0.2) is 0 Å². The summed E-state index contributed by atoms with van der Waals surface area (Å²) in [6, 6.07) is 2.15. The van der Waals surface area contributed by atoms with Crippen molar-refractivity contribution in [2.75, 3.05) is 48.6 Å². The SMILES string of the molecule is CC(CC#N)N(C)c1nc(NN)nc(N2CCOCC2)n1. The Hall–Kier alpha value is -2.18. The molecule has 1 atom stereocenters. The first kappa shape index (κ1) is 15.2. The predicted molar refractivity (Wildman–Crippen MR) is 78.8 cm³/mol. The van der Waals surface area contributed by atoms with Gasteiger partial charge in [0.25, 0.3) is 0 Å². The van der Waals surface area contributed by atoms with E-state index in [2.05, 4.69) is 26.4 Å². The van der Waals surface area contributed by atoms with Crippen LogP contribution in [-0.4, -0.2) is 54.3 Å². The number of nitrogens with two attached hydrogens (primary N) is 1. The number of nitriles is 1. The molecule has 114 valence electrons. The molecule has 1 aliphatic rings. The molecule has 1 aliphatic heterocycles. The molecule has 1 aromatic heterocycles. The van der Waals surface area contributed by atoms with E-state index in [1.54, 1.807) is 0 Å². The first-order valence-electron chi connectivity index (χ1n) is 6.81. The third-order valence-electron chi connectivity index (χ3n) is 3.40. The van der Waals surface area contributed by atoms with Crippen molar-refractivity contribution in [2.45, 2.75) is 19.4 Å². The van der Waals surface area contributed by atoms with Crippen molar-refractivity contribution in [3.8, 4) is 6.07 Å². The minimum absolute atomic E-state index is 0.000522. The number of hydrogen-bond acceptors (Lipinski definition) is 9. The van der Waals surface area contributed by atoms with Gasteiger partial charge in [0, 0.05) is 26.2 Å². The van der Waals surface area contributed by atoms with Crippen molar-refractivity contribution in [3.05, 3.63) is 0 Å². The molecule has 0 aliphatic carbocycles. The Labute approximate surface area is 123 Å². The van der Waals surface area contributed by atoms with Crippen LogP contribution >= 0.6 is 0 Å². The van der Waals surface area contributed by atoms with Crippen molar-refractivity contribution >= 4 is 17.8 Å². The standard InChI is InChI=1S/C12H20N8O/c1-9(3-4-13)19(2)11-15-10(18-14)16-12(17-11)20-5-7-21-8-6-20/h9H,3,5-8,14H2,1-2H3,(H,15,16,17,18). The quantitative estimate of drug-likeness (QED) is 0.558. The van der Waals surface area contributed by atoms with Crippen LogP contribution in [0.5, 0.6) is 0 Å². The molecule has 0 spiro atoms. The zero-order valence-corrected chi connectivity index (χ0v) is 12.3. The first-order chi connectivity index (χ1) is 10.2. The van der Waals surface area contributed by atoms with Gasteiger partial charge in [0.1, 0.15) is 0 Å². The summed E-state index contributed by atoms with van der Waals surface area (Å²) in [5, 5.41) is 8.81. The van der Waals surface area contributed by atoms with Gasteiger partial charge in [-0.15, -0.1) is 0 Å². The first-order valence-corrected chi connectivity index (χ1v) is 6.81. The van der Waals surface area contributed by atoms with Crippen molar-refractivity contribution in [1.29, 1.82) is 5.26 Å². The van der Waals surface area contributed by atoms with Crippen molar-refractivity contribution in [2.24, 2.45) is 5.84 Å². The highest BCUT2D eigenvalue weighted by atomic mass is 16.5. The number of hydrogen-bond donors (Lipinski definition) is 2. The highest BCUT2D eigenvalue weighted by molar-refractivity contribution is 5.45. The van der Waals surface area contributed by atoms with E-state index in [1.807, 2.05) is 23.8 Å². The maximum absolute atomic E-state index is 8.81. The van der Waals surface area contributed by atoms with Gasteiger partial charge in [-0.2, -0.15) is 20.2 Å². The third kappa shape index (κ3) is 3.68. The lowest BCUT2D eigenvalue weighted by Gasteiger charge is -2.28. The molecule has 1 saturated heterocycles. The van der Waals surface area contributed by atoms with E-state index in [0.717, 1.165) is 13.1 Å². The molecule has 2 rings (SSSR count). The molecule has 3 N–H and O–H groups in total. The highest BCUT2D eigenvalue weighted by Gasteiger charge is 2.19. The van der Waals surface area contributed by atoms with Gasteiger partial charge in [-0.05, 0) is 6.92 Å². The summed E-state index contributed by atoms with van der Waals surface area (Å²) in [7, 11) is 1.85. The third-order valence-corrected chi connectivity index (χ3v) is 3.40. The summed E-state index contributed by atoms with van der Waals surface area (Å²) in [6.07, 6.45) is 0.389. The topological polar surface area (TPSA) is 116 Å². The number of ether oxygens (including phenoxy) is 1. The molecule has 1 fully saturated rings. The van der Waals surface area contributed by atoms with Gasteiger partial charge in [-0.3, -0.25) is 5.43 Å². The molecule has 0 amide bonds. The molecule has 1 unspecified atom stereocenters. The fourth-order valence-electron chi connectivity index (χ4n) is 1.95. The van der Waals surface area contributed by atoms with E-state index < -0.39 is 0 Å². The predicted octanol–water partition coefficient (Wildman–Crippen LogP) is -0.268. The number of nitrogens with zero attached hydrogens (tertiary/aromatic N) is 6. The summed E-state index contributed by atoms with van der Waals surface area (Å²) in [6.45, 7) is 4.69. The van der Waals surface area contributed by atoms with Gasteiger partial charge in [-0.25, -0.2) is 5.84 Å². The second-order valence-corrected chi connectivity index (χ2v) is 4.82. The Balaban J connectivity index is 2.26. The Morgan fingerprint density at radius 3 is 2.76 bits per heavy atom. The van der Waals surface area contributed by atoms with E-state index in [-0.39, 0.29) is 6.04 Å². The Morgan fingerprint density at radius 2 is 2.14 bits per heavy atom. The average molecular weight is 292 g/mol. The van der Waals surface area contributed by atoms with Crippen molar-refractivity contribution in [3.63, 3.8) is 0 Å². The summed E-state index contributed by atoms with van der Waals surface area (Å²) in [5.41, 5.74) is 2.46. The molecule has 1 aromatic rings. The van der Waals surface area contributed by atoms with Crippen LogP contribution in [0.2, 0.25) is 0 Å². The molecule has 0 aromatic carbocycles. The van der Waals surface area contributed by atoms with E-state index in [0.29, 0.717) is 37.5 Å². The lowest BCUT2D eigenvalue weighted by molar-refractivity contribution is 0.122. The monoisotopic (exact) mass is 292 g/mol.